The van der Waals surface area contributed by atoms with Gasteiger partial charge in [0.05, 0.1) is 12.6 Å². The number of benzene rings is 1. The van der Waals surface area contributed by atoms with E-state index in [1.54, 1.807) is 13.8 Å². The van der Waals surface area contributed by atoms with Crippen LogP contribution >= 0.6 is 0 Å². The normalized spacial score (nSPS) is 13.1. The fraction of sp³-hybridized carbons (Fsp3) is 0.467. The van der Waals surface area contributed by atoms with Crippen LogP contribution in [0.3, 0.4) is 0 Å². The molecule has 0 heterocycles. The summed E-state index contributed by atoms with van der Waals surface area (Å²) in [7, 11) is 0. The number of nitrogens with two attached hydrogens (primary N) is 1. The second-order valence-corrected chi connectivity index (χ2v) is 4.76. The molecule has 1 aromatic carbocycles. The number of hydrogen-bond donors (Lipinski definition) is 2. The number of hydrogen-bond acceptors (Lipinski definition) is 5. The maximum Gasteiger partial charge on any atom is 0.332 e. The van der Waals surface area contributed by atoms with Crippen LogP contribution in [0.15, 0.2) is 24.3 Å². The number of aryl methyl sites for hydroxylation is 1. The largest absolute Gasteiger partial charge is 0.491 e. The summed E-state index contributed by atoms with van der Waals surface area (Å²) in [6, 6.07) is 6.00. The van der Waals surface area contributed by atoms with Gasteiger partial charge >= 0.3 is 5.97 Å². The van der Waals surface area contributed by atoms with Crippen molar-refractivity contribution in [2.24, 2.45) is 5.73 Å². The van der Waals surface area contributed by atoms with Gasteiger partial charge in [-0.2, -0.15) is 0 Å². The van der Waals surface area contributed by atoms with Gasteiger partial charge in [0.1, 0.15) is 12.4 Å². The zero-order chi connectivity index (χ0) is 15.8. The first-order valence-corrected chi connectivity index (χ1v) is 6.86. The van der Waals surface area contributed by atoms with Crippen LogP contribution in [0.1, 0.15) is 19.4 Å². The van der Waals surface area contributed by atoms with Gasteiger partial charge < -0.3 is 20.5 Å². The topological polar surface area (TPSA) is 90.7 Å². The Hall–Kier alpha value is -2.08. The summed E-state index contributed by atoms with van der Waals surface area (Å²) >= 11 is 0. The molecule has 116 valence electrons. The minimum absolute atomic E-state index is 0.186. The van der Waals surface area contributed by atoms with Crippen LogP contribution < -0.4 is 15.8 Å². The van der Waals surface area contributed by atoms with E-state index in [1.165, 1.54) is 0 Å². The van der Waals surface area contributed by atoms with Crippen LogP contribution in [0.25, 0.3) is 0 Å². The zero-order valence-corrected chi connectivity index (χ0v) is 12.6. The molecular weight excluding hydrogens is 272 g/mol. The standard InChI is InChI=1S/C15H22N2O4/c1-4-20-15(19)13(16)14(18)17-11(3)9-21-12-7-5-10(2)6-8-12/h5-8,11,13H,4,9,16H2,1-3H3,(H,17,18). The van der Waals surface area contributed by atoms with Crippen molar-refractivity contribution >= 4 is 11.9 Å². The average Bonchev–Trinajstić information content (AvgIpc) is 2.46. The van der Waals surface area contributed by atoms with Crippen molar-refractivity contribution in [3.05, 3.63) is 29.8 Å². The summed E-state index contributed by atoms with van der Waals surface area (Å²) < 4.78 is 10.2. The Morgan fingerprint density at radius 3 is 2.48 bits per heavy atom. The Bertz CT molecular complexity index is 473. The van der Waals surface area contributed by atoms with E-state index in [1.807, 2.05) is 31.2 Å². The smallest absolute Gasteiger partial charge is 0.332 e. The van der Waals surface area contributed by atoms with Crippen molar-refractivity contribution < 1.29 is 19.1 Å². The molecule has 2 atom stereocenters. The van der Waals surface area contributed by atoms with E-state index in [0.717, 1.165) is 11.3 Å². The first-order valence-electron chi connectivity index (χ1n) is 6.86. The fourth-order valence-corrected chi connectivity index (χ4v) is 1.57. The van der Waals surface area contributed by atoms with E-state index in [9.17, 15) is 9.59 Å². The molecule has 1 aromatic rings. The third-order valence-electron chi connectivity index (χ3n) is 2.73. The highest BCUT2D eigenvalue weighted by Crippen LogP contribution is 2.11. The summed E-state index contributed by atoms with van der Waals surface area (Å²) in [5.41, 5.74) is 6.63. The lowest BCUT2D eigenvalue weighted by Gasteiger charge is -2.17. The summed E-state index contributed by atoms with van der Waals surface area (Å²) in [6.45, 7) is 5.88. The summed E-state index contributed by atoms with van der Waals surface area (Å²) in [5, 5.41) is 2.61. The summed E-state index contributed by atoms with van der Waals surface area (Å²) in [4.78, 5) is 23.1. The number of amides is 1. The molecule has 0 bridgehead atoms. The molecule has 0 aliphatic rings. The van der Waals surface area contributed by atoms with Crippen molar-refractivity contribution in [1.29, 1.82) is 0 Å². The molecular formula is C15H22N2O4. The number of nitrogens with one attached hydrogen (secondary N) is 1. The average molecular weight is 294 g/mol. The van der Waals surface area contributed by atoms with Gasteiger partial charge in [-0.1, -0.05) is 17.7 Å². The Morgan fingerprint density at radius 1 is 1.29 bits per heavy atom. The van der Waals surface area contributed by atoms with Crippen LogP contribution in [-0.2, 0) is 14.3 Å². The highest BCUT2D eigenvalue weighted by Gasteiger charge is 2.24. The number of rotatable bonds is 7. The fourth-order valence-electron chi connectivity index (χ4n) is 1.57. The Morgan fingerprint density at radius 2 is 1.90 bits per heavy atom. The molecule has 1 rings (SSSR count). The highest BCUT2D eigenvalue weighted by molar-refractivity contribution is 6.01. The van der Waals surface area contributed by atoms with Crippen molar-refractivity contribution in [3.63, 3.8) is 0 Å². The summed E-state index contributed by atoms with van der Waals surface area (Å²) in [5.74, 6) is -0.591. The maximum absolute atomic E-state index is 11.7. The molecule has 6 nitrogen and oxygen atoms in total. The zero-order valence-electron chi connectivity index (χ0n) is 12.6. The Labute approximate surface area is 124 Å². The van der Waals surface area contributed by atoms with E-state index in [0.29, 0.717) is 0 Å². The quantitative estimate of drug-likeness (QED) is 0.572. The van der Waals surface area contributed by atoms with Gasteiger partial charge in [-0.05, 0) is 32.9 Å². The molecule has 0 radical (unpaired) electrons. The molecule has 1 amide bonds. The van der Waals surface area contributed by atoms with E-state index in [-0.39, 0.29) is 19.3 Å². The van der Waals surface area contributed by atoms with Crippen molar-refractivity contribution in [2.45, 2.75) is 32.9 Å². The number of carbonyl (C=O) groups is 2. The Balaban J connectivity index is 2.39. The van der Waals surface area contributed by atoms with E-state index in [4.69, 9.17) is 15.2 Å². The predicted molar refractivity (Wildman–Crippen MR) is 78.9 cm³/mol. The second kappa shape index (κ2) is 8.26. The van der Waals surface area contributed by atoms with Crippen LogP contribution in [0, 0.1) is 6.92 Å². The van der Waals surface area contributed by atoms with Crippen molar-refractivity contribution in [1.82, 2.24) is 5.32 Å². The van der Waals surface area contributed by atoms with Gasteiger partial charge in [-0.15, -0.1) is 0 Å². The third-order valence-corrected chi connectivity index (χ3v) is 2.73. The van der Waals surface area contributed by atoms with Gasteiger partial charge in [-0.3, -0.25) is 4.79 Å². The van der Waals surface area contributed by atoms with Gasteiger partial charge in [0.25, 0.3) is 0 Å². The lowest BCUT2D eigenvalue weighted by atomic mass is 10.2. The molecule has 0 aromatic heterocycles. The predicted octanol–water partition coefficient (Wildman–Crippen LogP) is 0.769. The number of esters is 1. The van der Waals surface area contributed by atoms with Crippen LogP contribution in [-0.4, -0.2) is 37.2 Å². The molecule has 21 heavy (non-hydrogen) atoms. The molecule has 0 saturated heterocycles. The van der Waals surface area contributed by atoms with Crippen LogP contribution in [0.2, 0.25) is 0 Å². The molecule has 3 N–H and O–H groups in total. The summed E-state index contributed by atoms with van der Waals surface area (Å²) in [6.07, 6.45) is 0. The SMILES string of the molecule is CCOC(=O)C(N)C(=O)NC(C)COc1ccc(C)cc1. The molecule has 6 heteroatoms. The van der Waals surface area contributed by atoms with Crippen molar-refractivity contribution in [2.75, 3.05) is 13.2 Å². The molecule has 0 saturated carbocycles. The van der Waals surface area contributed by atoms with Crippen LogP contribution in [0.4, 0.5) is 0 Å². The number of carbonyl (C=O) groups excluding carboxylic acids is 2. The minimum atomic E-state index is -1.31. The lowest BCUT2D eigenvalue weighted by molar-refractivity contribution is -0.148. The molecule has 0 fully saturated rings. The van der Waals surface area contributed by atoms with Gasteiger partial charge in [0, 0.05) is 0 Å². The maximum atomic E-state index is 11.7. The molecule has 0 aliphatic heterocycles. The number of ether oxygens (including phenoxy) is 2. The monoisotopic (exact) mass is 294 g/mol. The second-order valence-electron chi connectivity index (χ2n) is 4.76. The van der Waals surface area contributed by atoms with Crippen molar-refractivity contribution in [3.8, 4) is 5.75 Å². The van der Waals surface area contributed by atoms with E-state index < -0.39 is 17.9 Å². The molecule has 2 unspecified atom stereocenters. The lowest BCUT2D eigenvalue weighted by Crippen LogP contribution is -2.50. The van der Waals surface area contributed by atoms with E-state index >= 15 is 0 Å². The first kappa shape index (κ1) is 17.0. The van der Waals surface area contributed by atoms with Crippen LogP contribution in [0.5, 0.6) is 5.75 Å². The van der Waals surface area contributed by atoms with Gasteiger partial charge in [0.2, 0.25) is 5.91 Å². The van der Waals surface area contributed by atoms with Gasteiger partial charge in [0.15, 0.2) is 6.04 Å². The molecule has 0 spiro atoms. The van der Waals surface area contributed by atoms with Gasteiger partial charge in [-0.25, -0.2) is 4.79 Å². The first-order chi connectivity index (χ1) is 9.93. The third kappa shape index (κ3) is 5.83. The highest BCUT2D eigenvalue weighted by atomic mass is 16.5. The minimum Gasteiger partial charge on any atom is -0.491 e. The van der Waals surface area contributed by atoms with E-state index in [2.05, 4.69) is 5.32 Å². The molecule has 0 aliphatic carbocycles. The Kier molecular flexibility index (Phi) is 6.68.